The number of fused-ring (bicyclic) bond motifs is 2. The van der Waals surface area contributed by atoms with E-state index in [9.17, 15) is 5.11 Å². The first-order valence-electron chi connectivity index (χ1n) is 15.9. The maximum atomic E-state index is 11.8. The first-order valence-corrected chi connectivity index (χ1v) is 15.9. The van der Waals surface area contributed by atoms with Crippen molar-refractivity contribution in [2.45, 2.75) is 52.4 Å². The summed E-state index contributed by atoms with van der Waals surface area (Å²) in [6.07, 6.45) is 2.05. The van der Waals surface area contributed by atoms with Crippen molar-refractivity contribution >= 4 is 21.8 Å². The molecule has 5 aromatic carbocycles. The number of hydrogen-bond donors (Lipinski definition) is 1. The number of aromatic hydroxyl groups is 1. The summed E-state index contributed by atoms with van der Waals surface area (Å²) in [5, 5.41) is 24.1. The minimum Gasteiger partial charge on any atom is -0.507 e. The summed E-state index contributed by atoms with van der Waals surface area (Å²) in [4.78, 5) is 0. The summed E-state index contributed by atoms with van der Waals surface area (Å²) < 4.78 is 3.90. The number of benzene rings is 5. The molecule has 5 nitrogen and oxygen atoms in total. The van der Waals surface area contributed by atoms with Gasteiger partial charge in [-0.2, -0.15) is 10.2 Å². The predicted octanol–water partition coefficient (Wildman–Crippen LogP) is 10.2. The van der Waals surface area contributed by atoms with Crippen LogP contribution in [0.25, 0.3) is 61.0 Å². The summed E-state index contributed by atoms with van der Waals surface area (Å²) >= 11 is 0. The Morgan fingerprint density at radius 2 is 1.35 bits per heavy atom. The molecule has 0 aliphatic rings. The molecule has 7 aromatic rings. The average Bonchev–Trinajstić information content (AvgIpc) is 3.60. The molecular weight excluding hydrogens is 564 g/mol. The van der Waals surface area contributed by atoms with Crippen molar-refractivity contribution in [1.29, 1.82) is 0 Å². The van der Waals surface area contributed by atoms with Crippen LogP contribution in [0, 0.1) is 0 Å². The molecule has 0 fully saturated rings. The smallest absolute Gasteiger partial charge is 0.128 e. The van der Waals surface area contributed by atoms with Crippen molar-refractivity contribution in [1.82, 2.24) is 19.6 Å². The van der Waals surface area contributed by atoms with Gasteiger partial charge < -0.3 is 5.11 Å². The average molecular weight is 605 g/mol. The van der Waals surface area contributed by atoms with Crippen LogP contribution in [-0.4, -0.2) is 24.7 Å². The second-order valence-corrected chi connectivity index (χ2v) is 14.4. The van der Waals surface area contributed by atoms with Gasteiger partial charge in [0.1, 0.15) is 17.0 Å². The van der Waals surface area contributed by atoms with E-state index < -0.39 is 0 Å². The van der Waals surface area contributed by atoms with Crippen LogP contribution in [0.3, 0.4) is 0 Å². The van der Waals surface area contributed by atoms with Gasteiger partial charge in [-0.3, -0.25) is 4.68 Å². The summed E-state index contributed by atoms with van der Waals surface area (Å²) in [7, 11) is 1.96. The number of phenols is 1. The Hall–Kier alpha value is -5.16. The van der Waals surface area contributed by atoms with Crippen molar-refractivity contribution in [3.05, 3.63) is 120 Å². The second kappa shape index (κ2) is 10.7. The molecule has 0 amide bonds. The molecule has 7 rings (SSSR count). The van der Waals surface area contributed by atoms with E-state index in [4.69, 9.17) is 10.2 Å². The monoisotopic (exact) mass is 604 g/mol. The van der Waals surface area contributed by atoms with E-state index in [2.05, 4.69) is 133 Å². The van der Waals surface area contributed by atoms with Crippen LogP contribution in [0.1, 0.15) is 52.7 Å². The van der Waals surface area contributed by atoms with Crippen LogP contribution in [0.5, 0.6) is 5.75 Å². The molecule has 0 aliphatic heterocycles. The number of nitrogens with zero attached hydrogens (tertiary/aromatic N) is 4. The van der Waals surface area contributed by atoms with E-state index in [-0.39, 0.29) is 16.6 Å². The normalized spacial score (nSPS) is 12.3. The number of para-hydroxylation sites is 1. The largest absolute Gasteiger partial charge is 0.507 e. The van der Waals surface area contributed by atoms with Crippen molar-refractivity contribution in [2.75, 3.05) is 0 Å². The van der Waals surface area contributed by atoms with E-state index in [0.29, 0.717) is 0 Å². The van der Waals surface area contributed by atoms with Gasteiger partial charge in [0.25, 0.3) is 0 Å². The van der Waals surface area contributed by atoms with E-state index >= 15 is 0 Å². The van der Waals surface area contributed by atoms with Crippen LogP contribution in [0.2, 0.25) is 0 Å². The van der Waals surface area contributed by atoms with Crippen LogP contribution in [0.4, 0.5) is 0 Å². The summed E-state index contributed by atoms with van der Waals surface area (Å²) in [5.74, 6) is 0.288. The highest BCUT2D eigenvalue weighted by Crippen LogP contribution is 2.44. The Bertz CT molecular complexity index is 2240. The molecule has 230 valence electrons. The lowest BCUT2D eigenvalue weighted by Gasteiger charge is -2.27. The molecule has 0 saturated heterocycles. The molecular formula is C41H40N4O. The number of rotatable bonds is 4. The van der Waals surface area contributed by atoms with Gasteiger partial charge in [-0.15, -0.1) is 0 Å². The van der Waals surface area contributed by atoms with Crippen molar-refractivity contribution < 1.29 is 5.11 Å². The molecule has 0 atom stereocenters. The van der Waals surface area contributed by atoms with E-state index in [0.717, 1.165) is 66.6 Å². The Morgan fingerprint density at radius 3 is 2.09 bits per heavy atom. The zero-order valence-electron chi connectivity index (χ0n) is 27.6. The zero-order chi connectivity index (χ0) is 32.4. The SMILES string of the molecule is Cn1cc2cccc(-c3cc(-c4ccccc4)cc(-n4nc(-c5cc(C(C)(C)C)cc(C(C)(C)C)c5O)c5ccccc54)c3)c2n1. The molecule has 0 unspecified atom stereocenters. The van der Waals surface area contributed by atoms with E-state index in [1.165, 1.54) is 5.56 Å². The van der Waals surface area contributed by atoms with Crippen LogP contribution in [-0.2, 0) is 17.9 Å². The topological polar surface area (TPSA) is 55.9 Å². The first-order chi connectivity index (χ1) is 21.9. The molecule has 0 aliphatic carbocycles. The highest BCUT2D eigenvalue weighted by atomic mass is 16.3. The van der Waals surface area contributed by atoms with Gasteiger partial charge in [0.15, 0.2) is 0 Å². The summed E-state index contributed by atoms with van der Waals surface area (Å²) in [6.45, 7) is 13.1. The number of aromatic nitrogens is 4. The molecule has 0 radical (unpaired) electrons. The third-order valence-electron chi connectivity index (χ3n) is 8.86. The number of phenolic OH excluding ortho intramolecular Hbond substituents is 1. The minimum absolute atomic E-state index is 0.105. The molecule has 5 heteroatoms. The standard InChI is InChI=1S/C41H40N4O/c1-40(2,3)30-23-34(39(46)35(24-30)41(4,5)6)38-33-17-11-12-19-36(33)45(43-38)31-21-28(26-14-9-8-10-15-26)20-29(22-31)32-18-13-16-27-25-44(7)42-37(27)32/h8-25,46H,1-7H3. The fourth-order valence-corrected chi connectivity index (χ4v) is 6.37. The lowest BCUT2D eigenvalue weighted by atomic mass is 9.78. The zero-order valence-corrected chi connectivity index (χ0v) is 27.6. The van der Waals surface area contributed by atoms with Crippen LogP contribution in [0.15, 0.2) is 109 Å². The lowest BCUT2D eigenvalue weighted by molar-refractivity contribution is 0.446. The number of aryl methyl sites for hydroxylation is 1. The van der Waals surface area contributed by atoms with Crippen LogP contribution >= 0.6 is 0 Å². The van der Waals surface area contributed by atoms with Gasteiger partial charge in [0, 0.05) is 40.7 Å². The van der Waals surface area contributed by atoms with Crippen molar-refractivity contribution in [3.8, 4) is 44.9 Å². The van der Waals surface area contributed by atoms with Gasteiger partial charge in [-0.1, -0.05) is 114 Å². The Kier molecular flexibility index (Phi) is 6.89. The Balaban J connectivity index is 1.51. The van der Waals surface area contributed by atoms with Crippen molar-refractivity contribution in [3.63, 3.8) is 0 Å². The summed E-state index contributed by atoms with van der Waals surface area (Å²) in [6, 6.07) is 36.0. The van der Waals surface area contributed by atoms with Crippen molar-refractivity contribution in [2.24, 2.45) is 7.05 Å². The minimum atomic E-state index is -0.246. The quantitative estimate of drug-likeness (QED) is 0.217. The molecule has 0 spiro atoms. The van der Waals surface area contributed by atoms with Gasteiger partial charge in [-0.25, -0.2) is 4.68 Å². The lowest BCUT2D eigenvalue weighted by Crippen LogP contribution is -2.17. The van der Waals surface area contributed by atoms with Gasteiger partial charge in [-0.05, 0) is 63.4 Å². The Morgan fingerprint density at radius 1 is 0.630 bits per heavy atom. The molecule has 0 bridgehead atoms. The second-order valence-electron chi connectivity index (χ2n) is 14.4. The molecule has 1 N–H and O–H groups in total. The van der Waals surface area contributed by atoms with Gasteiger partial charge in [0.05, 0.1) is 11.2 Å². The highest BCUT2D eigenvalue weighted by Gasteiger charge is 2.27. The van der Waals surface area contributed by atoms with E-state index in [1.807, 2.05) is 34.6 Å². The third kappa shape index (κ3) is 5.16. The molecule has 2 aromatic heterocycles. The van der Waals surface area contributed by atoms with Gasteiger partial charge in [0.2, 0.25) is 0 Å². The third-order valence-corrected chi connectivity index (χ3v) is 8.86. The molecule has 0 saturated carbocycles. The predicted molar refractivity (Wildman–Crippen MR) is 191 cm³/mol. The number of hydrogen-bond acceptors (Lipinski definition) is 3. The fraction of sp³-hybridized carbons (Fsp3) is 0.220. The maximum Gasteiger partial charge on any atom is 0.128 e. The summed E-state index contributed by atoms with van der Waals surface area (Å²) in [5.41, 5.74) is 10.5. The highest BCUT2D eigenvalue weighted by molar-refractivity contribution is 5.98. The Labute approximate surface area is 270 Å². The molecule has 46 heavy (non-hydrogen) atoms. The van der Waals surface area contributed by atoms with E-state index in [1.54, 1.807) is 0 Å². The van der Waals surface area contributed by atoms with Gasteiger partial charge >= 0.3 is 0 Å². The maximum absolute atomic E-state index is 11.8. The molecule has 2 heterocycles. The van der Waals surface area contributed by atoms with Crippen LogP contribution < -0.4 is 0 Å². The fourth-order valence-electron chi connectivity index (χ4n) is 6.37. The first kappa shape index (κ1) is 29.5.